The van der Waals surface area contributed by atoms with Crippen LogP contribution in [0.2, 0.25) is 0 Å². The van der Waals surface area contributed by atoms with Gasteiger partial charge in [0.1, 0.15) is 11.4 Å². The Bertz CT molecular complexity index is 1430. The van der Waals surface area contributed by atoms with Crippen molar-refractivity contribution in [2.75, 3.05) is 11.9 Å². The first-order chi connectivity index (χ1) is 16.4. The molecule has 1 N–H and O–H groups in total. The Balaban J connectivity index is 1.64. The van der Waals surface area contributed by atoms with Crippen molar-refractivity contribution < 1.29 is 14.3 Å². The van der Waals surface area contributed by atoms with Crippen molar-refractivity contribution in [3.63, 3.8) is 0 Å². The second-order valence-corrected chi connectivity index (χ2v) is 9.47. The number of esters is 1. The lowest BCUT2D eigenvalue weighted by Crippen LogP contribution is -2.27. The second-order valence-electron chi connectivity index (χ2n) is 7.47. The van der Waals surface area contributed by atoms with Gasteiger partial charge in [0.15, 0.2) is 0 Å². The molecule has 0 unspecified atom stereocenters. The normalized spacial score (nSPS) is 10.9. The van der Waals surface area contributed by atoms with Crippen LogP contribution in [-0.2, 0) is 22.5 Å². The number of hydrogen-bond donors (Lipinski definition) is 1. The van der Waals surface area contributed by atoms with E-state index in [9.17, 15) is 14.4 Å². The van der Waals surface area contributed by atoms with Gasteiger partial charge in [0.25, 0.3) is 5.56 Å². The van der Waals surface area contributed by atoms with Gasteiger partial charge in [-0.05, 0) is 49.2 Å². The highest BCUT2D eigenvalue weighted by Crippen LogP contribution is 2.36. The van der Waals surface area contributed by atoms with Crippen LogP contribution >= 0.6 is 27.3 Å². The van der Waals surface area contributed by atoms with E-state index >= 15 is 0 Å². The Morgan fingerprint density at radius 1 is 1.15 bits per heavy atom. The second kappa shape index (κ2) is 10.3. The Labute approximate surface area is 208 Å². The van der Waals surface area contributed by atoms with E-state index in [1.807, 2.05) is 31.2 Å². The number of rotatable bonds is 7. The lowest BCUT2D eigenvalue weighted by molar-refractivity contribution is -0.116. The standard InChI is InChI=1S/C25H22BrN3O4S/c1-3-19-21(15-8-10-17(26)11-9-15)22-23(34-19)27-14-29(24(22)31)13-20(30)28-18-7-5-6-16(12-18)25(32)33-4-2/h5-12,14H,3-4,13H2,1-2H3,(H,28,30). The van der Waals surface area contributed by atoms with Crippen molar-refractivity contribution in [1.29, 1.82) is 0 Å². The Morgan fingerprint density at radius 3 is 2.62 bits per heavy atom. The maximum atomic E-state index is 13.4. The number of fused-ring (bicyclic) bond motifs is 1. The molecule has 0 bridgehead atoms. The number of aryl methyl sites for hydroxylation is 1. The van der Waals surface area contributed by atoms with E-state index in [-0.39, 0.29) is 18.7 Å². The van der Waals surface area contributed by atoms with Crippen LogP contribution in [0.3, 0.4) is 0 Å². The molecule has 2 aromatic carbocycles. The van der Waals surface area contributed by atoms with Gasteiger partial charge in [0, 0.05) is 20.6 Å². The number of benzene rings is 2. The fourth-order valence-corrected chi connectivity index (χ4v) is 5.00. The fraction of sp³-hybridized carbons (Fsp3) is 0.200. The first-order valence-corrected chi connectivity index (χ1v) is 12.4. The quantitative estimate of drug-likeness (QED) is 0.323. The number of amides is 1. The van der Waals surface area contributed by atoms with Crippen LogP contribution in [0.1, 0.15) is 29.1 Å². The summed E-state index contributed by atoms with van der Waals surface area (Å²) in [5.74, 6) is -0.866. The van der Waals surface area contributed by atoms with Gasteiger partial charge < -0.3 is 10.1 Å². The zero-order valence-electron chi connectivity index (χ0n) is 18.6. The monoisotopic (exact) mass is 539 g/mol. The Hall–Kier alpha value is -3.30. The van der Waals surface area contributed by atoms with Crippen molar-refractivity contribution in [1.82, 2.24) is 9.55 Å². The number of nitrogens with zero attached hydrogens (tertiary/aromatic N) is 2. The van der Waals surface area contributed by atoms with Gasteiger partial charge >= 0.3 is 5.97 Å². The minimum absolute atomic E-state index is 0.206. The number of hydrogen-bond acceptors (Lipinski definition) is 6. The van der Waals surface area contributed by atoms with Crippen LogP contribution in [0.15, 0.2) is 64.1 Å². The van der Waals surface area contributed by atoms with E-state index in [2.05, 4.69) is 26.2 Å². The first-order valence-electron chi connectivity index (χ1n) is 10.7. The zero-order chi connectivity index (χ0) is 24.2. The number of ether oxygens (including phenoxy) is 1. The molecule has 174 valence electrons. The Kier molecular flexibility index (Phi) is 7.23. The third-order valence-electron chi connectivity index (χ3n) is 5.18. The Morgan fingerprint density at radius 2 is 1.91 bits per heavy atom. The summed E-state index contributed by atoms with van der Waals surface area (Å²) >= 11 is 4.94. The molecule has 0 saturated carbocycles. The van der Waals surface area contributed by atoms with Crippen LogP contribution in [0, 0.1) is 0 Å². The number of carbonyl (C=O) groups is 2. The molecule has 0 fully saturated rings. The average molecular weight is 540 g/mol. The van der Waals surface area contributed by atoms with E-state index in [0.29, 0.717) is 21.5 Å². The number of nitrogens with one attached hydrogen (secondary N) is 1. The molecule has 7 nitrogen and oxygen atoms in total. The zero-order valence-corrected chi connectivity index (χ0v) is 21.0. The van der Waals surface area contributed by atoms with E-state index in [1.165, 1.54) is 28.3 Å². The van der Waals surface area contributed by atoms with Gasteiger partial charge in [0.05, 0.1) is 23.9 Å². The summed E-state index contributed by atoms with van der Waals surface area (Å²) in [4.78, 5) is 44.2. The SMILES string of the molecule is CCOC(=O)c1cccc(NC(=O)Cn2cnc3sc(CC)c(-c4ccc(Br)cc4)c3c2=O)c1. The smallest absolute Gasteiger partial charge is 0.338 e. The summed E-state index contributed by atoms with van der Waals surface area (Å²) in [6.45, 7) is 3.83. The molecule has 2 heterocycles. The summed E-state index contributed by atoms with van der Waals surface area (Å²) in [5.41, 5.74) is 2.31. The van der Waals surface area contributed by atoms with Gasteiger partial charge in [-0.25, -0.2) is 9.78 Å². The molecule has 0 spiro atoms. The highest BCUT2D eigenvalue weighted by Gasteiger charge is 2.19. The molecule has 2 aromatic heterocycles. The molecule has 0 atom stereocenters. The molecule has 4 aromatic rings. The molecule has 9 heteroatoms. The average Bonchev–Trinajstić information content (AvgIpc) is 3.21. The molecule has 34 heavy (non-hydrogen) atoms. The van der Waals surface area contributed by atoms with Crippen molar-refractivity contribution in [2.24, 2.45) is 0 Å². The van der Waals surface area contributed by atoms with Crippen LogP contribution in [0.25, 0.3) is 21.3 Å². The molecular weight excluding hydrogens is 518 g/mol. The molecule has 0 aliphatic carbocycles. The highest BCUT2D eigenvalue weighted by atomic mass is 79.9. The minimum Gasteiger partial charge on any atom is -0.462 e. The third-order valence-corrected chi connectivity index (χ3v) is 6.95. The maximum absolute atomic E-state index is 13.4. The number of thiophene rings is 1. The number of aromatic nitrogens is 2. The number of halogens is 1. The van der Waals surface area contributed by atoms with Gasteiger partial charge in [-0.15, -0.1) is 11.3 Å². The fourth-order valence-electron chi connectivity index (χ4n) is 3.65. The molecule has 0 saturated heterocycles. The van der Waals surface area contributed by atoms with E-state index in [0.717, 1.165) is 26.9 Å². The topological polar surface area (TPSA) is 90.3 Å². The van der Waals surface area contributed by atoms with Crippen LogP contribution in [0.5, 0.6) is 0 Å². The van der Waals surface area contributed by atoms with Crippen LogP contribution < -0.4 is 10.9 Å². The largest absolute Gasteiger partial charge is 0.462 e. The third kappa shape index (κ3) is 4.95. The van der Waals surface area contributed by atoms with Crippen molar-refractivity contribution in [3.05, 3.63) is 80.1 Å². The van der Waals surface area contributed by atoms with E-state index < -0.39 is 11.9 Å². The number of carbonyl (C=O) groups excluding carboxylic acids is 2. The van der Waals surface area contributed by atoms with Crippen molar-refractivity contribution in [3.8, 4) is 11.1 Å². The van der Waals surface area contributed by atoms with Gasteiger partial charge in [-0.2, -0.15) is 0 Å². The molecule has 0 aliphatic rings. The predicted molar refractivity (Wildman–Crippen MR) is 137 cm³/mol. The van der Waals surface area contributed by atoms with Crippen LogP contribution in [-0.4, -0.2) is 28.0 Å². The molecule has 1 amide bonds. The van der Waals surface area contributed by atoms with Crippen molar-refractivity contribution >= 4 is 55.0 Å². The molecule has 4 rings (SSSR count). The minimum atomic E-state index is -0.464. The summed E-state index contributed by atoms with van der Waals surface area (Å²) in [7, 11) is 0. The lowest BCUT2D eigenvalue weighted by atomic mass is 10.0. The van der Waals surface area contributed by atoms with Gasteiger partial charge in [0.2, 0.25) is 5.91 Å². The highest BCUT2D eigenvalue weighted by molar-refractivity contribution is 9.10. The maximum Gasteiger partial charge on any atom is 0.338 e. The lowest BCUT2D eigenvalue weighted by Gasteiger charge is -2.09. The van der Waals surface area contributed by atoms with Gasteiger partial charge in [-0.3, -0.25) is 14.2 Å². The van der Waals surface area contributed by atoms with E-state index in [4.69, 9.17) is 4.74 Å². The summed E-state index contributed by atoms with van der Waals surface area (Å²) < 4.78 is 7.26. The first kappa shape index (κ1) is 23.8. The van der Waals surface area contributed by atoms with E-state index in [1.54, 1.807) is 25.1 Å². The van der Waals surface area contributed by atoms with Gasteiger partial charge in [-0.1, -0.05) is 41.1 Å². The molecule has 0 radical (unpaired) electrons. The number of anilines is 1. The molecular formula is C25H22BrN3O4S. The molecule has 0 aliphatic heterocycles. The summed E-state index contributed by atoms with van der Waals surface area (Å²) in [6, 6.07) is 14.3. The van der Waals surface area contributed by atoms with Crippen molar-refractivity contribution in [2.45, 2.75) is 26.8 Å². The summed E-state index contributed by atoms with van der Waals surface area (Å²) in [5, 5.41) is 3.25. The predicted octanol–water partition coefficient (Wildman–Crippen LogP) is 5.27. The van der Waals surface area contributed by atoms with Crippen LogP contribution in [0.4, 0.5) is 5.69 Å². The summed E-state index contributed by atoms with van der Waals surface area (Å²) in [6.07, 6.45) is 2.17.